The summed E-state index contributed by atoms with van der Waals surface area (Å²) in [6.07, 6.45) is 1.97. The van der Waals surface area contributed by atoms with Crippen LogP contribution in [-0.4, -0.2) is 19.8 Å². The lowest BCUT2D eigenvalue weighted by Crippen LogP contribution is -1.99. The maximum Gasteiger partial charge on any atom is 0.0674 e. The number of ether oxygens (including phenoxy) is 1. The molecule has 0 aromatic rings. The second kappa shape index (κ2) is 5.79. The first-order valence-electron chi connectivity index (χ1n) is 3.24. The molecule has 0 aromatic carbocycles. The maximum absolute atomic E-state index is 5.27. The largest absolute Gasteiger partial charge is 0.377 e. The average Bonchev–Trinajstić information content (AvgIpc) is 1.85. The molecule has 54 valence electrons. The lowest BCUT2D eigenvalue weighted by atomic mass is 10.3. The number of nitrogens with two attached hydrogens (primary N) is 1. The van der Waals surface area contributed by atoms with Crippen molar-refractivity contribution in [2.75, 3.05) is 19.8 Å². The van der Waals surface area contributed by atoms with Crippen molar-refractivity contribution in [2.45, 2.75) is 13.8 Å². The molecule has 0 aliphatic rings. The molecule has 0 saturated carbocycles. The van der Waals surface area contributed by atoms with Crippen LogP contribution in [0.1, 0.15) is 13.8 Å². The van der Waals surface area contributed by atoms with E-state index in [1.165, 1.54) is 5.57 Å². The lowest BCUT2D eigenvalue weighted by molar-refractivity contribution is 0.171. The Balaban J connectivity index is 3.25. The first-order valence-corrected chi connectivity index (χ1v) is 3.24. The van der Waals surface area contributed by atoms with Crippen LogP contribution in [0.3, 0.4) is 0 Å². The summed E-state index contributed by atoms with van der Waals surface area (Å²) >= 11 is 0. The van der Waals surface area contributed by atoms with Crippen LogP contribution in [0, 0.1) is 0 Å². The maximum atomic E-state index is 5.27. The van der Waals surface area contributed by atoms with Gasteiger partial charge in [0.2, 0.25) is 0 Å². The number of rotatable bonds is 4. The van der Waals surface area contributed by atoms with Gasteiger partial charge in [0.05, 0.1) is 6.61 Å². The van der Waals surface area contributed by atoms with E-state index in [4.69, 9.17) is 10.5 Å². The Morgan fingerprint density at radius 3 is 2.78 bits per heavy atom. The molecule has 0 heterocycles. The van der Waals surface area contributed by atoms with Crippen LogP contribution in [0.5, 0.6) is 0 Å². The monoisotopic (exact) mass is 129 g/mol. The summed E-state index contributed by atoms with van der Waals surface area (Å²) in [6, 6.07) is 0. The minimum atomic E-state index is 0.610. The van der Waals surface area contributed by atoms with E-state index < -0.39 is 0 Å². The van der Waals surface area contributed by atoms with E-state index in [-0.39, 0.29) is 0 Å². The number of hydrogen-bond donors (Lipinski definition) is 1. The van der Waals surface area contributed by atoms with Crippen LogP contribution in [0.2, 0.25) is 0 Å². The molecule has 0 atom stereocenters. The van der Waals surface area contributed by atoms with Crippen molar-refractivity contribution in [3.8, 4) is 0 Å². The van der Waals surface area contributed by atoms with Crippen molar-refractivity contribution >= 4 is 0 Å². The van der Waals surface area contributed by atoms with Crippen LogP contribution in [0.4, 0.5) is 0 Å². The van der Waals surface area contributed by atoms with Crippen molar-refractivity contribution in [3.05, 3.63) is 11.6 Å². The molecular weight excluding hydrogens is 114 g/mol. The molecule has 2 nitrogen and oxygen atoms in total. The second-order valence-corrected chi connectivity index (χ2v) is 1.92. The second-order valence-electron chi connectivity index (χ2n) is 1.92. The molecule has 0 spiro atoms. The van der Waals surface area contributed by atoms with Crippen LogP contribution >= 0.6 is 0 Å². The van der Waals surface area contributed by atoms with Crippen LogP contribution in [-0.2, 0) is 4.74 Å². The Labute approximate surface area is 56.7 Å². The van der Waals surface area contributed by atoms with Crippen molar-refractivity contribution in [1.82, 2.24) is 0 Å². The molecule has 0 fully saturated rings. The Bertz CT molecular complexity index is 88.9. The van der Waals surface area contributed by atoms with Crippen LogP contribution in [0.15, 0.2) is 11.6 Å². The molecule has 9 heavy (non-hydrogen) atoms. The van der Waals surface area contributed by atoms with Crippen molar-refractivity contribution in [1.29, 1.82) is 0 Å². The summed E-state index contributed by atoms with van der Waals surface area (Å²) in [5.74, 6) is 0. The van der Waals surface area contributed by atoms with Gasteiger partial charge in [-0.2, -0.15) is 0 Å². The zero-order chi connectivity index (χ0) is 7.11. The minimum absolute atomic E-state index is 0.610. The van der Waals surface area contributed by atoms with E-state index in [0.29, 0.717) is 13.2 Å². The molecule has 0 unspecified atom stereocenters. The van der Waals surface area contributed by atoms with Gasteiger partial charge in [0.25, 0.3) is 0 Å². The minimum Gasteiger partial charge on any atom is -0.377 e. The molecule has 2 heteroatoms. The summed E-state index contributed by atoms with van der Waals surface area (Å²) in [5, 5.41) is 0. The Kier molecular flexibility index (Phi) is 5.57. The smallest absolute Gasteiger partial charge is 0.0674 e. The van der Waals surface area contributed by atoms with Crippen LogP contribution in [0.25, 0.3) is 0 Å². The van der Waals surface area contributed by atoms with Gasteiger partial charge in [-0.3, -0.25) is 0 Å². The van der Waals surface area contributed by atoms with Crippen molar-refractivity contribution < 1.29 is 4.74 Å². The van der Waals surface area contributed by atoms with Crippen molar-refractivity contribution in [2.24, 2.45) is 5.73 Å². The van der Waals surface area contributed by atoms with Gasteiger partial charge in [-0.15, -0.1) is 0 Å². The van der Waals surface area contributed by atoms with Gasteiger partial charge < -0.3 is 10.5 Å². The van der Waals surface area contributed by atoms with E-state index in [0.717, 1.165) is 6.61 Å². The topological polar surface area (TPSA) is 35.2 Å². The molecule has 0 radical (unpaired) electrons. The standard InChI is InChI=1S/C7H15NO/c1-3-9-6-7(2)4-5-8/h4H,3,5-6,8H2,1-2H3/b7-4+. The highest BCUT2D eigenvalue weighted by Crippen LogP contribution is 1.90. The fourth-order valence-corrected chi connectivity index (χ4v) is 0.523. The fourth-order valence-electron chi connectivity index (χ4n) is 0.523. The van der Waals surface area contributed by atoms with Crippen LogP contribution < -0.4 is 5.73 Å². The normalized spacial score (nSPS) is 12.1. The Morgan fingerprint density at radius 2 is 2.33 bits per heavy atom. The average molecular weight is 129 g/mol. The third-order valence-corrected chi connectivity index (χ3v) is 1.00. The van der Waals surface area contributed by atoms with E-state index in [9.17, 15) is 0 Å². The van der Waals surface area contributed by atoms with Crippen molar-refractivity contribution in [3.63, 3.8) is 0 Å². The summed E-state index contributed by atoms with van der Waals surface area (Å²) < 4.78 is 5.12. The molecular formula is C7H15NO. The van der Waals surface area contributed by atoms with Gasteiger partial charge in [-0.25, -0.2) is 0 Å². The Hall–Kier alpha value is -0.340. The molecule has 0 aliphatic heterocycles. The third-order valence-electron chi connectivity index (χ3n) is 1.00. The van der Waals surface area contributed by atoms with Gasteiger partial charge in [-0.1, -0.05) is 11.6 Å². The Morgan fingerprint density at radius 1 is 1.67 bits per heavy atom. The van der Waals surface area contributed by atoms with Gasteiger partial charge in [0.15, 0.2) is 0 Å². The van der Waals surface area contributed by atoms with E-state index >= 15 is 0 Å². The highest BCUT2D eigenvalue weighted by Gasteiger charge is 1.84. The van der Waals surface area contributed by atoms with Gasteiger partial charge in [-0.05, 0) is 13.8 Å². The molecule has 0 saturated heterocycles. The summed E-state index contributed by atoms with van der Waals surface area (Å²) in [5.41, 5.74) is 6.48. The first kappa shape index (κ1) is 8.66. The first-order chi connectivity index (χ1) is 4.31. The number of hydrogen-bond acceptors (Lipinski definition) is 2. The summed E-state index contributed by atoms with van der Waals surface area (Å²) in [7, 11) is 0. The van der Waals surface area contributed by atoms with E-state index in [2.05, 4.69) is 0 Å². The predicted octanol–water partition coefficient (Wildman–Crippen LogP) is 0.928. The third kappa shape index (κ3) is 5.53. The van der Waals surface area contributed by atoms with Gasteiger partial charge in [0.1, 0.15) is 0 Å². The molecule has 0 amide bonds. The highest BCUT2D eigenvalue weighted by atomic mass is 16.5. The SMILES string of the molecule is CCOC/C(C)=C/CN. The van der Waals surface area contributed by atoms with Gasteiger partial charge >= 0.3 is 0 Å². The molecule has 0 aromatic heterocycles. The van der Waals surface area contributed by atoms with E-state index in [1.54, 1.807) is 0 Å². The predicted molar refractivity (Wildman–Crippen MR) is 39.3 cm³/mol. The molecule has 0 rings (SSSR count). The molecule has 0 aliphatic carbocycles. The zero-order valence-corrected chi connectivity index (χ0v) is 6.18. The van der Waals surface area contributed by atoms with Gasteiger partial charge in [0, 0.05) is 13.2 Å². The molecule has 0 bridgehead atoms. The van der Waals surface area contributed by atoms with E-state index in [1.807, 2.05) is 19.9 Å². The molecule has 2 N–H and O–H groups in total. The summed E-state index contributed by atoms with van der Waals surface area (Å²) in [6.45, 7) is 6.10. The zero-order valence-electron chi connectivity index (χ0n) is 6.18. The highest BCUT2D eigenvalue weighted by molar-refractivity contribution is 4.98. The lowest BCUT2D eigenvalue weighted by Gasteiger charge is -1.98. The quantitative estimate of drug-likeness (QED) is 0.573. The fraction of sp³-hybridized carbons (Fsp3) is 0.714. The summed E-state index contributed by atoms with van der Waals surface area (Å²) in [4.78, 5) is 0.